The summed E-state index contributed by atoms with van der Waals surface area (Å²) in [4.78, 5) is 14.9. The van der Waals surface area contributed by atoms with Gasteiger partial charge in [-0.05, 0) is 56.1 Å². The minimum atomic E-state index is 0.0289. The first-order valence-corrected chi connectivity index (χ1v) is 9.50. The summed E-state index contributed by atoms with van der Waals surface area (Å²) in [6, 6.07) is 15.5. The Bertz CT molecular complexity index is 755. The summed E-state index contributed by atoms with van der Waals surface area (Å²) in [6.45, 7) is 4.61. The number of carbonyl (C=O) groups excluding carboxylic acids is 1. The smallest absolute Gasteiger partial charge is 0.223 e. The van der Waals surface area contributed by atoms with Crippen LogP contribution in [0.3, 0.4) is 0 Å². The van der Waals surface area contributed by atoms with Crippen LogP contribution in [0.5, 0.6) is 11.5 Å². The van der Waals surface area contributed by atoms with Crippen molar-refractivity contribution in [1.82, 2.24) is 10.2 Å². The van der Waals surface area contributed by atoms with Crippen molar-refractivity contribution >= 4 is 5.91 Å². The fraction of sp³-hybridized carbons (Fsp3) is 0.409. The van der Waals surface area contributed by atoms with Gasteiger partial charge in [-0.15, -0.1) is 0 Å². The minimum Gasteiger partial charge on any atom is -0.504 e. The molecule has 0 aliphatic carbocycles. The zero-order valence-electron chi connectivity index (χ0n) is 16.0. The molecule has 0 saturated carbocycles. The number of methoxy groups -OCH3 is 1. The Morgan fingerprint density at radius 2 is 1.93 bits per heavy atom. The van der Waals surface area contributed by atoms with E-state index in [1.807, 2.05) is 49.4 Å². The fourth-order valence-corrected chi connectivity index (χ4v) is 3.59. The van der Waals surface area contributed by atoms with Gasteiger partial charge in [0.25, 0.3) is 0 Å². The van der Waals surface area contributed by atoms with E-state index >= 15 is 0 Å². The van der Waals surface area contributed by atoms with E-state index in [0.29, 0.717) is 5.75 Å². The van der Waals surface area contributed by atoms with Crippen LogP contribution in [0.2, 0.25) is 0 Å². The summed E-state index contributed by atoms with van der Waals surface area (Å²) in [6.07, 6.45) is 1.73. The molecular formula is C22H28N2O3. The summed E-state index contributed by atoms with van der Waals surface area (Å²) in [7, 11) is 1.55. The molecule has 0 radical (unpaired) electrons. The second-order valence-corrected chi connectivity index (χ2v) is 7.20. The van der Waals surface area contributed by atoms with Crippen molar-refractivity contribution < 1.29 is 14.6 Å². The molecule has 1 fully saturated rings. The van der Waals surface area contributed by atoms with E-state index in [4.69, 9.17) is 4.74 Å². The number of phenols is 1. The third-order valence-corrected chi connectivity index (χ3v) is 5.27. The number of nitrogens with one attached hydrogen (secondary N) is 1. The fourth-order valence-electron chi connectivity index (χ4n) is 3.59. The van der Waals surface area contributed by atoms with Crippen molar-refractivity contribution in [2.75, 3.05) is 20.2 Å². The second-order valence-electron chi connectivity index (χ2n) is 7.20. The number of nitrogens with zero attached hydrogens (tertiary/aromatic N) is 1. The van der Waals surface area contributed by atoms with Gasteiger partial charge in [0, 0.05) is 12.5 Å². The van der Waals surface area contributed by atoms with Gasteiger partial charge in [-0.1, -0.05) is 36.4 Å². The lowest BCUT2D eigenvalue weighted by Gasteiger charge is -2.32. The Kier molecular flexibility index (Phi) is 6.35. The molecule has 1 aliphatic heterocycles. The molecule has 1 saturated heterocycles. The van der Waals surface area contributed by atoms with Crippen molar-refractivity contribution in [3.8, 4) is 11.5 Å². The molecule has 1 heterocycles. The highest BCUT2D eigenvalue weighted by Gasteiger charge is 2.26. The van der Waals surface area contributed by atoms with E-state index in [9.17, 15) is 9.90 Å². The molecule has 0 spiro atoms. The zero-order valence-corrected chi connectivity index (χ0v) is 16.0. The number of hydrogen-bond acceptors (Lipinski definition) is 4. The maximum absolute atomic E-state index is 12.6. The third-order valence-electron chi connectivity index (χ3n) is 5.27. The van der Waals surface area contributed by atoms with Crippen molar-refractivity contribution in [2.45, 2.75) is 32.4 Å². The van der Waals surface area contributed by atoms with Crippen LogP contribution in [0, 0.1) is 5.92 Å². The van der Waals surface area contributed by atoms with Gasteiger partial charge in [0.1, 0.15) is 0 Å². The Morgan fingerprint density at radius 3 is 2.59 bits per heavy atom. The quantitative estimate of drug-likeness (QED) is 0.819. The molecule has 3 rings (SSSR count). The monoisotopic (exact) mass is 368 g/mol. The van der Waals surface area contributed by atoms with E-state index in [-0.39, 0.29) is 23.6 Å². The van der Waals surface area contributed by atoms with Crippen LogP contribution in [0.25, 0.3) is 0 Å². The van der Waals surface area contributed by atoms with Gasteiger partial charge >= 0.3 is 0 Å². The molecule has 5 nitrogen and oxygen atoms in total. The van der Waals surface area contributed by atoms with Gasteiger partial charge in [0.2, 0.25) is 5.91 Å². The number of phenolic OH excluding ortho intramolecular Hbond substituents is 1. The lowest BCUT2D eigenvalue weighted by atomic mass is 9.95. The highest BCUT2D eigenvalue weighted by molar-refractivity contribution is 5.79. The van der Waals surface area contributed by atoms with Gasteiger partial charge in [-0.25, -0.2) is 0 Å². The average Bonchev–Trinajstić information content (AvgIpc) is 2.70. The first kappa shape index (κ1) is 19.2. The molecule has 0 aromatic heterocycles. The number of aromatic hydroxyl groups is 1. The average molecular weight is 368 g/mol. The topological polar surface area (TPSA) is 61.8 Å². The number of likely N-dealkylation sites (tertiary alicyclic amines) is 1. The number of hydrogen-bond donors (Lipinski definition) is 2. The summed E-state index contributed by atoms with van der Waals surface area (Å²) >= 11 is 0. The Morgan fingerprint density at radius 1 is 1.22 bits per heavy atom. The van der Waals surface area contributed by atoms with E-state index in [0.717, 1.165) is 43.6 Å². The Balaban J connectivity index is 1.49. The number of carbonyl (C=O) groups is 1. The van der Waals surface area contributed by atoms with Crippen molar-refractivity contribution in [2.24, 2.45) is 5.92 Å². The van der Waals surface area contributed by atoms with Crippen LogP contribution in [0.1, 0.15) is 36.9 Å². The number of ether oxygens (including phenoxy) is 1. The standard InChI is InChI=1S/C22H28N2O3/c1-16(18-6-4-3-5-7-18)23-22(26)19-10-12-24(13-11-19)15-17-8-9-20(25)21(14-17)27-2/h3-9,14,16,19,25H,10-13,15H2,1-2H3,(H,23,26). The molecule has 27 heavy (non-hydrogen) atoms. The molecule has 1 amide bonds. The molecular weight excluding hydrogens is 340 g/mol. The number of benzene rings is 2. The molecule has 1 aliphatic rings. The molecule has 0 bridgehead atoms. The first-order valence-electron chi connectivity index (χ1n) is 9.50. The lowest BCUT2D eigenvalue weighted by molar-refractivity contribution is -0.127. The van der Waals surface area contributed by atoms with E-state index in [1.165, 1.54) is 0 Å². The molecule has 2 aromatic carbocycles. The van der Waals surface area contributed by atoms with Crippen LogP contribution >= 0.6 is 0 Å². The first-order chi connectivity index (χ1) is 13.1. The van der Waals surface area contributed by atoms with E-state index in [1.54, 1.807) is 13.2 Å². The highest BCUT2D eigenvalue weighted by atomic mass is 16.5. The molecule has 5 heteroatoms. The Labute approximate surface area is 161 Å². The molecule has 1 atom stereocenters. The Hall–Kier alpha value is -2.53. The largest absolute Gasteiger partial charge is 0.504 e. The van der Waals surface area contributed by atoms with Crippen molar-refractivity contribution in [3.05, 3.63) is 59.7 Å². The normalized spacial score (nSPS) is 16.7. The molecule has 144 valence electrons. The maximum Gasteiger partial charge on any atom is 0.223 e. The number of rotatable bonds is 6. The summed E-state index contributed by atoms with van der Waals surface area (Å²) < 4.78 is 5.18. The van der Waals surface area contributed by atoms with E-state index in [2.05, 4.69) is 10.2 Å². The summed E-state index contributed by atoms with van der Waals surface area (Å²) in [5, 5.41) is 12.9. The highest BCUT2D eigenvalue weighted by Crippen LogP contribution is 2.28. The van der Waals surface area contributed by atoms with Crippen LogP contribution in [0.4, 0.5) is 0 Å². The van der Waals surface area contributed by atoms with Crippen LogP contribution in [0.15, 0.2) is 48.5 Å². The van der Waals surface area contributed by atoms with Gasteiger partial charge in [-0.3, -0.25) is 9.69 Å². The summed E-state index contributed by atoms with van der Waals surface area (Å²) in [5.41, 5.74) is 2.23. The zero-order chi connectivity index (χ0) is 19.2. The number of piperidine rings is 1. The van der Waals surface area contributed by atoms with Gasteiger partial charge in [-0.2, -0.15) is 0 Å². The second kappa shape index (κ2) is 8.91. The van der Waals surface area contributed by atoms with E-state index < -0.39 is 0 Å². The summed E-state index contributed by atoms with van der Waals surface area (Å²) in [5.74, 6) is 0.875. The van der Waals surface area contributed by atoms with Crippen molar-refractivity contribution in [1.29, 1.82) is 0 Å². The third kappa shape index (κ3) is 5.01. The van der Waals surface area contributed by atoms with Crippen LogP contribution < -0.4 is 10.1 Å². The predicted octanol–water partition coefficient (Wildman–Crippen LogP) is 3.49. The SMILES string of the molecule is COc1cc(CN2CCC(C(=O)NC(C)c3ccccc3)CC2)ccc1O. The van der Waals surface area contributed by atoms with Gasteiger partial charge in [0.15, 0.2) is 11.5 Å². The predicted molar refractivity (Wildman–Crippen MR) is 106 cm³/mol. The molecule has 2 aromatic rings. The molecule has 1 unspecified atom stereocenters. The number of amides is 1. The van der Waals surface area contributed by atoms with Crippen molar-refractivity contribution in [3.63, 3.8) is 0 Å². The van der Waals surface area contributed by atoms with Crippen LogP contribution in [-0.4, -0.2) is 36.1 Å². The molecule has 2 N–H and O–H groups in total. The maximum atomic E-state index is 12.6. The van der Waals surface area contributed by atoms with Gasteiger partial charge in [0.05, 0.1) is 13.2 Å². The lowest BCUT2D eigenvalue weighted by Crippen LogP contribution is -2.40. The minimum absolute atomic E-state index is 0.0289. The van der Waals surface area contributed by atoms with Crippen LogP contribution in [-0.2, 0) is 11.3 Å². The van der Waals surface area contributed by atoms with Gasteiger partial charge < -0.3 is 15.2 Å².